The number of anilines is 1. The van der Waals surface area contributed by atoms with Crippen molar-refractivity contribution in [1.82, 2.24) is 5.32 Å². The molecule has 0 saturated carbocycles. The molecule has 0 atom stereocenters. The maximum Gasteiger partial charge on any atom is 0.253 e. The molecule has 1 amide bonds. The molecule has 17 heavy (non-hydrogen) atoms. The fourth-order valence-electron chi connectivity index (χ4n) is 1.60. The molecule has 1 aromatic rings. The predicted molar refractivity (Wildman–Crippen MR) is 68.8 cm³/mol. The molecule has 0 fully saturated rings. The third-order valence-electron chi connectivity index (χ3n) is 2.76. The van der Waals surface area contributed by atoms with Crippen LogP contribution in [0.1, 0.15) is 36.2 Å². The predicted octanol–water partition coefficient (Wildman–Crippen LogP) is 1.47. The molecule has 4 nitrogen and oxygen atoms in total. The molecule has 4 heteroatoms. The van der Waals surface area contributed by atoms with Gasteiger partial charge in [-0.1, -0.05) is 12.1 Å². The van der Waals surface area contributed by atoms with Gasteiger partial charge in [0.25, 0.3) is 5.91 Å². The number of carbonyl (C=O) groups is 1. The summed E-state index contributed by atoms with van der Waals surface area (Å²) in [5.41, 5.74) is 7.30. The van der Waals surface area contributed by atoms with E-state index in [1.807, 2.05) is 26.8 Å². The van der Waals surface area contributed by atoms with E-state index in [0.29, 0.717) is 17.7 Å². The molecule has 0 spiro atoms. The molecule has 0 aliphatic carbocycles. The SMILES string of the molecule is Cc1cccc(C(=O)NC(C)(C)CCO)c1N. The van der Waals surface area contributed by atoms with E-state index < -0.39 is 5.54 Å². The zero-order valence-corrected chi connectivity index (χ0v) is 10.6. The Balaban J connectivity index is 2.87. The van der Waals surface area contributed by atoms with Crippen LogP contribution in [-0.4, -0.2) is 23.2 Å². The zero-order valence-electron chi connectivity index (χ0n) is 10.6. The van der Waals surface area contributed by atoms with Crippen molar-refractivity contribution in [2.75, 3.05) is 12.3 Å². The summed E-state index contributed by atoms with van der Waals surface area (Å²) in [6.07, 6.45) is 0.504. The smallest absolute Gasteiger partial charge is 0.253 e. The van der Waals surface area contributed by atoms with Gasteiger partial charge in [0.2, 0.25) is 0 Å². The van der Waals surface area contributed by atoms with Crippen molar-refractivity contribution in [1.29, 1.82) is 0 Å². The van der Waals surface area contributed by atoms with Crippen molar-refractivity contribution >= 4 is 11.6 Å². The third kappa shape index (κ3) is 3.46. The van der Waals surface area contributed by atoms with Gasteiger partial charge in [-0.15, -0.1) is 0 Å². The van der Waals surface area contributed by atoms with E-state index in [1.165, 1.54) is 0 Å². The van der Waals surface area contributed by atoms with Gasteiger partial charge in [-0.3, -0.25) is 4.79 Å². The second-order valence-electron chi connectivity index (χ2n) is 4.85. The lowest BCUT2D eigenvalue weighted by Gasteiger charge is -2.25. The van der Waals surface area contributed by atoms with Crippen LogP contribution >= 0.6 is 0 Å². The van der Waals surface area contributed by atoms with Crippen LogP contribution in [0.2, 0.25) is 0 Å². The minimum absolute atomic E-state index is 0.0383. The summed E-state index contributed by atoms with van der Waals surface area (Å²) in [6.45, 7) is 5.64. The maximum atomic E-state index is 12.0. The third-order valence-corrected chi connectivity index (χ3v) is 2.76. The summed E-state index contributed by atoms with van der Waals surface area (Å²) < 4.78 is 0. The number of nitrogen functional groups attached to an aromatic ring is 1. The van der Waals surface area contributed by atoms with Crippen LogP contribution in [-0.2, 0) is 0 Å². The Labute approximate surface area is 102 Å². The molecule has 0 bridgehead atoms. The average molecular weight is 236 g/mol. The van der Waals surface area contributed by atoms with Crippen molar-refractivity contribution < 1.29 is 9.90 Å². The highest BCUT2D eigenvalue weighted by molar-refractivity contribution is 6.00. The van der Waals surface area contributed by atoms with Crippen molar-refractivity contribution in [2.24, 2.45) is 0 Å². The van der Waals surface area contributed by atoms with Gasteiger partial charge in [-0.05, 0) is 38.8 Å². The van der Waals surface area contributed by atoms with Crippen LogP contribution < -0.4 is 11.1 Å². The van der Waals surface area contributed by atoms with E-state index in [-0.39, 0.29) is 12.5 Å². The van der Waals surface area contributed by atoms with Crippen LogP contribution in [0.5, 0.6) is 0 Å². The Hall–Kier alpha value is -1.55. The molecule has 0 aromatic heterocycles. The Bertz CT molecular complexity index is 414. The molecule has 0 aliphatic rings. The zero-order chi connectivity index (χ0) is 13.1. The van der Waals surface area contributed by atoms with E-state index in [9.17, 15) is 4.79 Å². The number of hydrogen-bond acceptors (Lipinski definition) is 3. The fraction of sp³-hybridized carbons (Fsp3) is 0.462. The highest BCUT2D eigenvalue weighted by atomic mass is 16.3. The summed E-state index contributed by atoms with van der Waals surface area (Å²) in [5, 5.41) is 11.8. The van der Waals surface area contributed by atoms with Gasteiger partial charge in [0.05, 0.1) is 5.56 Å². The number of hydrogen-bond donors (Lipinski definition) is 3. The van der Waals surface area contributed by atoms with Gasteiger partial charge in [-0.2, -0.15) is 0 Å². The number of nitrogens with two attached hydrogens (primary N) is 1. The number of aliphatic hydroxyl groups excluding tert-OH is 1. The highest BCUT2D eigenvalue weighted by Crippen LogP contribution is 2.18. The number of aliphatic hydroxyl groups is 1. The highest BCUT2D eigenvalue weighted by Gasteiger charge is 2.21. The lowest BCUT2D eigenvalue weighted by molar-refractivity contribution is 0.0900. The summed E-state index contributed by atoms with van der Waals surface area (Å²) in [4.78, 5) is 12.0. The molecular formula is C13H20N2O2. The minimum Gasteiger partial charge on any atom is -0.398 e. The second-order valence-corrected chi connectivity index (χ2v) is 4.85. The molecule has 1 rings (SSSR count). The Kier molecular flexibility index (Phi) is 4.12. The Morgan fingerprint density at radius 1 is 1.47 bits per heavy atom. The van der Waals surface area contributed by atoms with Gasteiger partial charge < -0.3 is 16.2 Å². The van der Waals surface area contributed by atoms with Crippen molar-refractivity contribution in [3.63, 3.8) is 0 Å². The summed E-state index contributed by atoms with van der Waals surface area (Å²) in [7, 11) is 0. The summed E-state index contributed by atoms with van der Waals surface area (Å²) in [5.74, 6) is -0.204. The topological polar surface area (TPSA) is 75.3 Å². The van der Waals surface area contributed by atoms with Gasteiger partial charge in [0, 0.05) is 17.8 Å². The minimum atomic E-state index is -0.442. The van der Waals surface area contributed by atoms with E-state index in [0.717, 1.165) is 5.56 Å². The monoisotopic (exact) mass is 236 g/mol. The van der Waals surface area contributed by atoms with Gasteiger partial charge in [0.1, 0.15) is 0 Å². The molecule has 0 unspecified atom stereocenters. The van der Waals surface area contributed by atoms with Crippen molar-refractivity contribution in [3.8, 4) is 0 Å². The largest absolute Gasteiger partial charge is 0.398 e. The van der Waals surface area contributed by atoms with Crippen LogP contribution in [0.4, 0.5) is 5.69 Å². The molecular weight excluding hydrogens is 216 g/mol. The van der Waals surface area contributed by atoms with Gasteiger partial charge in [-0.25, -0.2) is 0 Å². The normalized spacial score (nSPS) is 11.3. The Morgan fingerprint density at radius 2 is 2.12 bits per heavy atom. The first kappa shape index (κ1) is 13.5. The van der Waals surface area contributed by atoms with Crippen LogP contribution in [0.3, 0.4) is 0 Å². The molecule has 0 aliphatic heterocycles. The van der Waals surface area contributed by atoms with Crippen molar-refractivity contribution in [3.05, 3.63) is 29.3 Å². The first-order chi connectivity index (χ1) is 7.87. The van der Waals surface area contributed by atoms with Crippen LogP contribution in [0.15, 0.2) is 18.2 Å². The van der Waals surface area contributed by atoms with E-state index in [2.05, 4.69) is 5.32 Å². The summed E-state index contributed by atoms with van der Waals surface area (Å²) in [6, 6.07) is 5.37. The average Bonchev–Trinajstić information content (AvgIpc) is 2.21. The van der Waals surface area contributed by atoms with E-state index >= 15 is 0 Å². The molecule has 4 N–H and O–H groups in total. The molecule has 0 radical (unpaired) electrons. The van der Waals surface area contributed by atoms with E-state index in [4.69, 9.17) is 10.8 Å². The van der Waals surface area contributed by atoms with Gasteiger partial charge >= 0.3 is 0 Å². The standard InChI is InChI=1S/C13H20N2O2/c1-9-5-4-6-10(11(9)14)12(17)15-13(2,3)7-8-16/h4-6,16H,7-8,14H2,1-3H3,(H,15,17). The number of para-hydroxylation sites is 1. The van der Waals surface area contributed by atoms with E-state index in [1.54, 1.807) is 12.1 Å². The van der Waals surface area contributed by atoms with Crippen LogP contribution in [0.25, 0.3) is 0 Å². The lowest BCUT2D eigenvalue weighted by atomic mass is 10.00. The first-order valence-electron chi connectivity index (χ1n) is 5.66. The lowest BCUT2D eigenvalue weighted by Crippen LogP contribution is -2.44. The number of nitrogens with one attached hydrogen (secondary N) is 1. The first-order valence-corrected chi connectivity index (χ1v) is 5.66. The number of amides is 1. The number of rotatable bonds is 4. The van der Waals surface area contributed by atoms with Crippen molar-refractivity contribution in [2.45, 2.75) is 32.7 Å². The Morgan fingerprint density at radius 3 is 2.71 bits per heavy atom. The number of carbonyl (C=O) groups excluding carboxylic acids is 1. The quantitative estimate of drug-likeness (QED) is 0.693. The number of aryl methyl sites for hydroxylation is 1. The van der Waals surface area contributed by atoms with Gasteiger partial charge in [0.15, 0.2) is 0 Å². The molecule has 0 heterocycles. The van der Waals surface area contributed by atoms with Crippen LogP contribution in [0, 0.1) is 6.92 Å². The molecule has 0 saturated heterocycles. The number of benzene rings is 1. The fourth-order valence-corrected chi connectivity index (χ4v) is 1.60. The second kappa shape index (κ2) is 5.19. The molecule has 1 aromatic carbocycles. The molecule has 94 valence electrons. The maximum absolute atomic E-state index is 12.0. The summed E-state index contributed by atoms with van der Waals surface area (Å²) >= 11 is 0.